The molecule has 0 N–H and O–H groups in total. The van der Waals surface area contributed by atoms with E-state index in [0.29, 0.717) is 11.5 Å². The Bertz CT molecular complexity index is 1320. The lowest BCUT2D eigenvalue weighted by molar-refractivity contribution is 0.549. The number of allylic oxidation sites excluding steroid dienone is 1. The summed E-state index contributed by atoms with van der Waals surface area (Å²) in [4.78, 5) is 20.1. The average Bonchev–Trinajstić information content (AvgIpc) is 3.18. The molecule has 1 unspecified atom stereocenters. The number of hydrogen-bond donors (Lipinski definition) is 0. The Hall–Kier alpha value is -2.92. The third-order valence-corrected chi connectivity index (χ3v) is 7.28. The Morgan fingerprint density at radius 3 is 3.00 bits per heavy atom. The molecule has 0 saturated heterocycles. The van der Waals surface area contributed by atoms with E-state index in [2.05, 4.69) is 28.6 Å². The van der Waals surface area contributed by atoms with Crippen LogP contribution < -0.4 is 10.5 Å². The number of aromatic nitrogens is 1. The van der Waals surface area contributed by atoms with Crippen molar-refractivity contribution in [1.82, 2.24) is 4.98 Å². The van der Waals surface area contributed by atoms with Crippen molar-refractivity contribution in [2.45, 2.75) is 25.2 Å². The fraction of sp³-hybridized carbons (Fsp3) is 0.250. The molecule has 0 radical (unpaired) electrons. The molecule has 0 saturated carbocycles. The zero-order chi connectivity index (χ0) is 19.5. The highest BCUT2D eigenvalue weighted by Crippen LogP contribution is 2.44. The van der Waals surface area contributed by atoms with Gasteiger partial charge >= 0.3 is 5.63 Å². The molecule has 1 atom stereocenters. The van der Waals surface area contributed by atoms with Gasteiger partial charge in [0.25, 0.3) is 0 Å². The van der Waals surface area contributed by atoms with E-state index in [9.17, 15) is 4.79 Å². The van der Waals surface area contributed by atoms with E-state index < -0.39 is 0 Å². The van der Waals surface area contributed by atoms with Gasteiger partial charge in [-0.1, -0.05) is 18.2 Å². The van der Waals surface area contributed by atoms with Gasteiger partial charge in [0.05, 0.1) is 15.8 Å². The maximum absolute atomic E-state index is 12.9. The van der Waals surface area contributed by atoms with Crippen molar-refractivity contribution in [3.63, 3.8) is 0 Å². The van der Waals surface area contributed by atoms with Gasteiger partial charge in [-0.15, -0.1) is 17.9 Å². The maximum atomic E-state index is 12.9. The van der Waals surface area contributed by atoms with Crippen LogP contribution >= 0.6 is 11.3 Å². The standard InChI is InChI=1S/C24H20N2O2S/c1-2-14-9-11-26-10-5-6-16-21(26)17(14)12-15-13-18(24(27)28-22(15)16)23-25-19-7-3-4-8-20(19)29-23/h2-4,7-8,12-14H,1,5-6,9-11H2. The quantitative estimate of drug-likeness (QED) is 0.329. The highest BCUT2D eigenvalue weighted by molar-refractivity contribution is 7.21. The van der Waals surface area contributed by atoms with Gasteiger partial charge < -0.3 is 9.32 Å². The normalized spacial score (nSPS) is 18.2. The minimum Gasteiger partial charge on any atom is -0.422 e. The van der Waals surface area contributed by atoms with Crippen molar-refractivity contribution in [1.29, 1.82) is 0 Å². The summed E-state index contributed by atoms with van der Waals surface area (Å²) in [6, 6.07) is 12.1. The van der Waals surface area contributed by atoms with E-state index in [1.54, 1.807) is 0 Å². The Balaban J connectivity index is 1.62. The Kier molecular flexibility index (Phi) is 3.68. The molecule has 4 nitrogen and oxygen atoms in total. The SMILES string of the molecule is C=CC1CCN2CCCc3c2c1cc1cc(-c2nc4ccccc4s2)c(=O)oc31. The second-order valence-corrected chi connectivity index (χ2v) is 8.90. The molecule has 2 aromatic carbocycles. The number of benzene rings is 2. The second kappa shape index (κ2) is 6.29. The van der Waals surface area contributed by atoms with Crippen LogP contribution in [0.4, 0.5) is 5.69 Å². The van der Waals surface area contributed by atoms with Crippen LogP contribution in [-0.2, 0) is 6.42 Å². The Morgan fingerprint density at radius 2 is 2.14 bits per heavy atom. The predicted molar refractivity (Wildman–Crippen MR) is 119 cm³/mol. The topological polar surface area (TPSA) is 46.3 Å². The molecule has 29 heavy (non-hydrogen) atoms. The van der Waals surface area contributed by atoms with Gasteiger partial charge in [0.15, 0.2) is 0 Å². The number of thiazole rings is 1. The molecule has 0 spiro atoms. The molecule has 6 rings (SSSR count). The fourth-order valence-electron chi connectivity index (χ4n) is 4.85. The van der Waals surface area contributed by atoms with Crippen LogP contribution in [0.15, 0.2) is 58.3 Å². The van der Waals surface area contributed by atoms with E-state index in [4.69, 9.17) is 4.42 Å². The first-order valence-electron chi connectivity index (χ1n) is 10.1. The van der Waals surface area contributed by atoms with Crippen molar-refractivity contribution in [3.05, 3.63) is 70.6 Å². The molecule has 2 aliphatic heterocycles. The molecule has 2 aliphatic rings. The summed E-state index contributed by atoms with van der Waals surface area (Å²) in [5.41, 5.74) is 5.67. The number of fused-ring (bicyclic) bond motifs is 3. The summed E-state index contributed by atoms with van der Waals surface area (Å²) in [6.45, 7) is 6.18. The van der Waals surface area contributed by atoms with Crippen LogP contribution in [0.2, 0.25) is 0 Å². The summed E-state index contributed by atoms with van der Waals surface area (Å²) in [5.74, 6) is 0.348. The van der Waals surface area contributed by atoms with Crippen LogP contribution in [0.3, 0.4) is 0 Å². The molecule has 144 valence electrons. The van der Waals surface area contributed by atoms with E-state index in [1.165, 1.54) is 28.2 Å². The van der Waals surface area contributed by atoms with Gasteiger partial charge in [-0.05, 0) is 49.1 Å². The smallest absolute Gasteiger partial charge is 0.346 e. The number of rotatable bonds is 2. The fourth-order valence-corrected chi connectivity index (χ4v) is 5.82. The summed E-state index contributed by atoms with van der Waals surface area (Å²) in [5, 5.41) is 1.71. The average molecular weight is 401 g/mol. The van der Waals surface area contributed by atoms with Crippen LogP contribution in [0.25, 0.3) is 31.8 Å². The predicted octanol–water partition coefficient (Wildman–Crippen LogP) is 5.50. The third kappa shape index (κ3) is 2.50. The van der Waals surface area contributed by atoms with E-state index in [-0.39, 0.29) is 5.63 Å². The molecule has 0 amide bonds. The lowest BCUT2D eigenvalue weighted by atomic mass is 9.83. The summed E-state index contributed by atoms with van der Waals surface area (Å²) in [7, 11) is 0. The molecule has 4 aromatic rings. The van der Waals surface area contributed by atoms with E-state index >= 15 is 0 Å². The molecule has 0 bridgehead atoms. The molecule has 0 fully saturated rings. The number of anilines is 1. The molecule has 4 heterocycles. The van der Waals surface area contributed by atoms with Gasteiger partial charge in [-0.25, -0.2) is 9.78 Å². The van der Waals surface area contributed by atoms with Crippen molar-refractivity contribution < 1.29 is 4.42 Å². The summed E-state index contributed by atoms with van der Waals surface area (Å²) in [6.07, 6.45) is 5.18. The van der Waals surface area contributed by atoms with Gasteiger partial charge in [-0.2, -0.15) is 0 Å². The first-order valence-corrected chi connectivity index (χ1v) is 10.9. The first kappa shape index (κ1) is 17.0. The van der Waals surface area contributed by atoms with E-state index in [1.807, 2.05) is 30.3 Å². The van der Waals surface area contributed by atoms with Crippen molar-refractivity contribution in [2.75, 3.05) is 18.0 Å². The molecule has 0 aliphatic carbocycles. The van der Waals surface area contributed by atoms with Gasteiger partial charge in [0.1, 0.15) is 10.6 Å². The monoisotopic (exact) mass is 400 g/mol. The van der Waals surface area contributed by atoms with Crippen molar-refractivity contribution >= 4 is 38.2 Å². The van der Waals surface area contributed by atoms with Crippen molar-refractivity contribution in [2.24, 2.45) is 0 Å². The van der Waals surface area contributed by atoms with Crippen molar-refractivity contribution in [3.8, 4) is 10.6 Å². The van der Waals surface area contributed by atoms with Gasteiger partial charge in [0, 0.05) is 35.6 Å². The summed E-state index contributed by atoms with van der Waals surface area (Å²) < 4.78 is 7.02. The lowest BCUT2D eigenvalue weighted by Gasteiger charge is -2.39. The highest BCUT2D eigenvalue weighted by atomic mass is 32.1. The number of aryl methyl sites for hydroxylation is 1. The minimum atomic E-state index is -0.305. The molecular weight excluding hydrogens is 380 g/mol. The number of hydrogen-bond acceptors (Lipinski definition) is 5. The zero-order valence-electron chi connectivity index (χ0n) is 16.0. The summed E-state index contributed by atoms with van der Waals surface area (Å²) >= 11 is 1.53. The first-order chi connectivity index (χ1) is 14.2. The van der Waals surface area contributed by atoms with Crippen LogP contribution in [0.5, 0.6) is 0 Å². The van der Waals surface area contributed by atoms with Gasteiger partial charge in [-0.3, -0.25) is 0 Å². The molecule has 2 aromatic heterocycles. The number of para-hydroxylation sites is 1. The second-order valence-electron chi connectivity index (χ2n) is 7.87. The maximum Gasteiger partial charge on any atom is 0.346 e. The van der Waals surface area contributed by atoms with E-state index in [0.717, 1.165) is 58.5 Å². The minimum absolute atomic E-state index is 0.305. The highest BCUT2D eigenvalue weighted by Gasteiger charge is 2.31. The van der Waals surface area contributed by atoms with Crippen LogP contribution in [0, 0.1) is 0 Å². The van der Waals surface area contributed by atoms with Crippen LogP contribution in [0.1, 0.15) is 29.9 Å². The lowest BCUT2D eigenvalue weighted by Crippen LogP contribution is -2.35. The number of nitrogens with zero attached hydrogens (tertiary/aromatic N) is 2. The molecule has 5 heteroatoms. The Morgan fingerprint density at radius 1 is 1.24 bits per heavy atom. The molecular formula is C24H20N2O2S. The largest absolute Gasteiger partial charge is 0.422 e. The Labute approximate surface area is 172 Å². The third-order valence-electron chi connectivity index (χ3n) is 6.21. The zero-order valence-corrected chi connectivity index (χ0v) is 16.8. The van der Waals surface area contributed by atoms with Gasteiger partial charge in [0.2, 0.25) is 0 Å². The van der Waals surface area contributed by atoms with Crippen LogP contribution in [-0.4, -0.2) is 18.1 Å².